The highest BCUT2D eigenvalue weighted by molar-refractivity contribution is 9.10. The molecule has 0 aliphatic rings. The number of para-hydroxylation sites is 1. The van der Waals surface area contributed by atoms with Gasteiger partial charge in [0.05, 0.1) is 15.7 Å². The van der Waals surface area contributed by atoms with Gasteiger partial charge in [0.1, 0.15) is 12.1 Å². The minimum Gasteiger partial charge on any atom is -0.470 e. The maximum absolute atomic E-state index is 12.9. The maximum Gasteiger partial charge on any atom is 0.228 e. The summed E-state index contributed by atoms with van der Waals surface area (Å²) in [6, 6.07) is 18.5. The quantitative estimate of drug-likeness (QED) is 0.210. The fraction of sp³-hybridized carbons (Fsp3) is 0.259. The van der Waals surface area contributed by atoms with Crippen molar-refractivity contribution in [2.24, 2.45) is 0 Å². The first-order chi connectivity index (χ1) is 17.1. The molecule has 0 aliphatic heterocycles. The van der Waals surface area contributed by atoms with E-state index in [9.17, 15) is 4.79 Å². The van der Waals surface area contributed by atoms with Gasteiger partial charge in [-0.05, 0) is 79.3 Å². The van der Waals surface area contributed by atoms with Crippen LogP contribution in [0.4, 0.5) is 0 Å². The number of nitrogens with zero attached hydrogens (tertiary/aromatic N) is 5. The van der Waals surface area contributed by atoms with Crippen molar-refractivity contribution in [3.05, 3.63) is 71.0 Å². The molecule has 0 atom stereocenters. The number of tetrazole rings is 1. The molecule has 0 bridgehead atoms. The van der Waals surface area contributed by atoms with Gasteiger partial charge in [-0.15, -0.1) is 5.10 Å². The smallest absolute Gasteiger partial charge is 0.228 e. The molecule has 8 heteroatoms. The second kappa shape index (κ2) is 10.00. The van der Waals surface area contributed by atoms with E-state index < -0.39 is 0 Å². The van der Waals surface area contributed by atoms with Crippen molar-refractivity contribution in [1.82, 2.24) is 24.8 Å². The Hall–Kier alpha value is -3.52. The normalized spacial score (nSPS) is 11.4. The molecule has 7 nitrogen and oxygen atoms in total. The van der Waals surface area contributed by atoms with E-state index in [0.29, 0.717) is 5.75 Å². The summed E-state index contributed by atoms with van der Waals surface area (Å²) in [5.41, 5.74) is 4.23. The molecule has 0 fully saturated rings. The Bertz CT molecular complexity index is 1510. The van der Waals surface area contributed by atoms with Crippen molar-refractivity contribution in [3.8, 4) is 17.0 Å². The summed E-state index contributed by atoms with van der Waals surface area (Å²) in [5.74, 6) is 0.726. The monoisotopic (exact) mass is 531 g/mol. The van der Waals surface area contributed by atoms with E-state index >= 15 is 0 Å². The minimum atomic E-state index is 0.0190. The lowest BCUT2D eigenvalue weighted by atomic mass is 9.98. The summed E-state index contributed by atoms with van der Waals surface area (Å²) in [6.07, 6.45) is 5.86. The van der Waals surface area contributed by atoms with Gasteiger partial charge >= 0.3 is 0 Å². The molecule has 0 radical (unpaired) electrons. The molecular formula is C27H26BrN5O2. The highest BCUT2D eigenvalue weighted by atomic mass is 79.9. The summed E-state index contributed by atoms with van der Waals surface area (Å²) in [6.45, 7) is 4.06. The zero-order chi connectivity index (χ0) is 24.4. The lowest BCUT2D eigenvalue weighted by molar-refractivity contribution is 0.0943. The van der Waals surface area contributed by atoms with Crippen molar-refractivity contribution < 1.29 is 9.53 Å². The molecule has 0 amide bonds. The first-order valence-electron chi connectivity index (χ1n) is 11.8. The summed E-state index contributed by atoms with van der Waals surface area (Å²) in [4.78, 5) is 12.9. The Morgan fingerprint density at radius 2 is 1.91 bits per heavy atom. The summed E-state index contributed by atoms with van der Waals surface area (Å²) < 4.78 is 10.1. The number of ether oxygens (including phenoxy) is 1. The molecule has 3 aromatic carbocycles. The van der Waals surface area contributed by atoms with E-state index in [4.69, 9.17) is 4.74 Å². The highest BCUT2D eigenvalue weighted by Crippen LogP contribution is 2.39. The van der Waals surface area contributed by atoms with Gasteiger partial charge in [-0.2, -0.15) is 4.68 Å². The zero-order valence-corrected chi connectivity index (χ0v) is 21.3. The molecule has 2 aromatic heterocycles. The third-order valence-electron chi connectivity index (χ3n) is 6.26. The van der Waals surface area contributed by atoms with Crippen LogP contribution in [0.15, 0.2) is 65.4 Å². The van der Waals surface area contributed by atoms with E-state index in [1.165, 1.54) is 16.6 Å². The number of unbranched alkanes of at least 4 members (excludes halogenated alkanes) is 2. The van der Waals surface area contributed by atoms with E-state index in [1.807, 2.05) is 34.9 Å². The van der Waals surface area contributed by atoms with Gasteiger partial charge in [0.25, 0.3) is 0 Å². The number of hydrogen-bond acceptors (Lipinski definition) is 5. The SMILES string of the molecule is CCCCCc1c(-c2ccc3c(Br)c(OCn4cnnn4)ccc3c2)n(C(C)=O)c2ccccc12. The largest absolute Gasteiger partial charge is 0.470 e. The van der Waals surface area contributed by atoms with Gasteiger partial charge < -0.3 is 4.74 Å². The fourth-order valence-electron chi connectivity index (χ4n) is 4.65. The Morgan fingerprint density at radius 1 is 1.06 bits per heavy atom. The van der Waals surface area contributed by atoms with Crippen LogP contribution in [0.3, 0.4) is 0 Å². The number of carbonyl (C=O) groups excluding carboxylic acids is 1. The molecule has 5 aromatic rings. The number of fused-ring (bicyclic) bond motifs is 2. The van der Waals surface area contributed by atoms with Crippen molar-refractivity contribution in [1.29, 1.82) is 0 Å². The molecule has 2 heterocycles. The van der Waals surface area contributed by atoms with E-state index in [-0.39, 0.29) is 12.6 Å². The molecule has 0 N–H and O–H groups in total. The number of hydrogen-bond donors (Lipinski definition) is 0. The molecule has 35 heavy (non-hydrogen) atoms. The van der Waals surface area contributed by atoms with Gasteiger partial charge in [-0.1, -0.05) is 56.2 Å². The molecule has 0 unspecified atom stereocenters. The third-order valence-corrected chi connectivity index (χ3v) is 7.08. The van der Waals surface area contributed by atoms with Crippen LogP contribution >= 0.6 is 15.9 Å². The Kier molecular flexibility index (Phi) is 6.63. The van der Waals surface area contributed by atoms with Crippen molar-refractivity contribution in [3.63, 3.8) is 0 Å². The van der Waals surface area contributed by atoms with Gasteiger partial charge in [0.2, 0.25) is 5.91 Å². The van der Waals surface area contributed by atoms with Gasteiger partial charge in [-0.3, -0.25) is 9.36 Å². The first-order valence-corrected chi connectivity index (χ1v) is 12.6. The Balaban J connectivity index is 1.60. The van der Waals surface area contributed by atoms with Crippen LogP contribution in [0.25, 0.3) is 32.9 Å². The summed E-state index contributed by atoms with van der Waals surface area (Å²) >= 11 is 3.70. The third kappa shape index (κ3) is 4.46. The molecule has 0 saturated carbocycles. The molecular weight excluding hydrogens is 506 g/mol. The lowest BCUT2D eigenvalue weighted by Crippen LogP contribution is -2.08. The minimum absolute atomic E-state index is 0.0190. The number of rotatable bonds is 8. The van der Waals surface area contributed by atoms with Gasteiger partial charge in [0, 0.05) is 12.3 Å². The number of aryl methyl sites for hydroxylation is 1. The second-order valence-electron chi connectivity index (χ2n) is 8.59. The predicted octanol–water partition coefficient (Wildman–Crippen LogP) is 6.64. The van der Waals surface area contributed by atoms with Crippen LogP contribution < -0.4 is 4.74 Å². The number of benzene rings is 3. The lowest BCUT2D eigenvalue weighted by Gasteiger charge is -2.13. The number of carbonyl (C=O) groups is 1. The first kappa shape index (κ1) is 23.2. The molecule has 5 rings (SSSR count). The van der Waals surface area contributed by atoms with Crippen LogP contribution in [0.5, 0.6) is 5.75 Å². The average Bonchev–Trinajstić information content (AvgIpc) is 3.50. The van der Waals surface area contributed by atoms with Crippen molar-refractivity contribution >= 4 is 43.5 Å². The van der Waals surface area contributed by atoms with Gasteiger partial charge in [0.15, 0.2) is 6.73 Å². The molecule has 0 saturated heterocycles. The predicted molar refractivity (Wildman–Crippen MR) is 141 cm³/mol. The van der Waals surface area contributed by atoms with Crippen LogP contribution in [-0.2, 0) is 13.2 Å². The van der Waals surface area contributed by atoms with Crippen LogP contribution in [0.2, 0.25) is 0 Å². The van der Waals surface area contributed by atoms with E-state index in [1.54, 1.807) is 6.92 Å². The Labute approximate surface area is 211 Å². The number of halogens is 1. The fourth-order valence-corrected chi connectivity index (χ4v) is 5.26. The van der Waals surface area contributed by atoms with E-state index in [2.05, 4.69) is 62.6 Å². The number of aromatic nitrogens is 5. The van der Waals surface area contributed by atoms with Crippen LogP contribution in [-0.4, -0.2) is 30.7 Å². The van der Waals surface area contributed by atoms with Crippen LogP contribution in [0, 0.1) is 0 Å². The maximum atomic E-state index is 12.9. The highest BCUT2D eigenvalue weighted by Gasteiger charge is 2.21. The van der Waals surface area contributed by atoms with Gasteiger partial charge in [-0.25, -0.2) is 0 Å². The summed E-state index contributed by atoms with van der Waals surface area (Å²) in [5, 5.41) is 14.3. The average molecular weight is 532 g/mol. The molecule has 0 spiro atoms. The summed E-state index contributed by atoms with van der Waals surface area (Å²) in [7, 11) is 0. The molecule has 178 valence electrons. The zero-order valence-electron chi connectivity index (χ0n) is 19.7. The standard InChI is InChI=1S/C27H26BrN5O2/c1-3-4-5-9-23-22-8-6-7-10-24(22)33(18(2)34)27(23)20-11-13-21-19(15-20)12-14-25(26(21)28)35-17-32-16-29-30-31-32/h6-8,10-16H,3-5,9,17H2,1-2H3. The van der Waals surface area contributed by atoms with Crippen molar-refractivity contribution in [2.45, 2.75) is 46.3 Å². The molecule has 0 aliphatic carbocycles. The van der Waals surface area contributed by atoms with E-state index in [0.717, 1.165) is 63.1 Å². The Morgan fingerprint density at radius 3 is 2.69 bits per heavy atom. The topological polar surface area (TPSA) is 74.8 Å². The second-order valence-corrected chi connectivity index (χ2v) is 9.39. The van der Waals surface area contributed by atoms with Crippen molar-refractivity contribution in [2.75, 3.05) is 0 Å². The van der Waals surface area contributed by atoms with Crippen LogP contribution in [0.1, 0.15) is 43.5 Å².